The molecular formula is C13H22N4OS. The highest BCUT2D eigenvalue weighted by Gasteiger charge is 2.23. The van der Waals surface area contributed by atoms with Gasteiger partial charge >= 0.3 is 0 Å². The Morgan fingerprint density at radius 1 is 1.47 bits per heavy atom. The number of nitrogens with one attached hydrogen (secondary N) is 1. The van der Waals surface area contributed by atoms with Gasteiger partial charge in [0.25, 0.3) is 0 Å². The summed E-state index contributed by atoms with van der Waals surface area (Å²) in [5, 5.41) is 5.41. The molecule has 1 aromatic heterocycles. The SMILES string of the molecule is CC(C)(N)C(=O)Nc1nc(CN2CCCCC2)cs1. The number of carbonyl (C=O) groups is 1. The zero-order chi connectivity index (χ0) is 13.9. The van der Waals surface area contributed by atoms with E-state index in [2.05, 4.69) is 15.2 Å². The number of aromatic nitrogens is 1. The van der Waals surface area contributed by atoms with E-state index in [-0.39, 0.29) is 5.91 Å². The van der Waals surface area contributed by atoms with Gasteiger partial charge in [-0.2, -0.15) is 0 Å². The van der Waals surface area contributed by atoms with Gasteiger partial charge in [-0.05, 0) is 39.8 Å². The van der Waals surface area contributed by atoms with Crippen LogP contribution in [0.25, 0.3) is 0 Å². The number of nitrogens with two attached hydrogens (primary N) is 1. The zero-order valence-electron chi connectivity index (χ0n) is 11.6. The summed E-state index contributed by atoms with van der Waals surface area (Å²) in [7, 11) is 0. The molecule has 0 unspecified atom stereocenters. The molecule has 1 amide bonds. The fourth-order valence-corrected chi connectivity index (χ4v) is 2.74. The molecule has 1 saturated heterocycles. The number of rotatable bonds is 4. The van der Waals surface area contributed by atoms with Gasteiger partial charge < -0.3 is 11.1 Å². The summed E-state index contributed by atoms with van der Waals surface area (Å²) in [4.78, 5) is 18.6. The van der Waals surface area contributed by atoms with E-state index >= 15 is 0 Å². The van der Waals surface area contributed by atoms with Crippen LogP contribution < -0.4 is 11.1 Å². The average molecular weight is 282 g/mol. The Labute approximate surface area is 118 Å². The van der Waals surface area contributed by atoms with E-state index < -0.39 is 5.54 Å². The summed E-state index contributed by atoms with van der Waals surface area (Å²) >= 11 is 1.46. The first-order valence-corrected chi connectivity index (χ1v) is 7.60. The van der Waals surface area contributed by atoms with Gasteiger partial charge in [-0.15, -0.1) is 11.3 Å². The van der Waals surface area contributed by atoms with E-state index in [0.717, 1.165) is 25.3 Å². The van der Waals surface area contributed by atoms with Gasteiger partial charge in [0.05, 0.1) is 11.2 Å². The Balaban J connectivity index is 1.89. The van der Waals surface area contributed by atoms with Gasteiger partial charge in [0.2, 0.25) is 5.91 Å². The number of thiazole rings is 1. The standard InChI is InChI=1S/C13H22N4OS/c1-13(2,14)11(18)16-12-15-10(9-19-12)8-17-6-4-3-5-7-17/h9H,3-8,14H2,1-2H3,(H,15,16,18). The first kappa shape index (κ1) is 14.4. The van der Waals surface area contributed by atoms with Crippen molar-refractivity contribution in [3.05, 3.63) is 11.1 Å². The lowest BCUT2D eigenvalue weighted by Gasteiger charge is -2.25. The van der Waals surface area contributed by atoms with E-state index in [1.54, 1.807) is 13.8 Å². The van der Waals surface area contributed by atoms with Crippen LogP contribution in [0.4, 0.5) is 5.13 Å². The molecule has 0 aromatic carbocycles. The topological polar surface area (TPSA) is 71.2 Å². The zero-order valence-corrected chi connectivity index (χ0v) is 12.4. The number of anilines is 1. The van der Waals surface area contributed by atoms with Crippen LogP contribution in [0.5, 0.6) is 0 Å². The Morgan fingerprint density at radius 3 is 2.79 bits per heavy atom. The predicted molar refractivity (Wildman–Crippen MR) is 78.1 cm³/mol. The van der Waals surface area contributed by atoms with E-state index in [1.165, 1.54) is 30.6 Å². The Hall–Kier alpha value is -0.980. The number of carbonyl (C=O) groups excluding carboxylic acids is 1. The maximum atomic E-state index is 11.8. The fourth-order valence-electron chi connectivity index (χ4n) is 2.04. The molecule has 2 rings (SSSR count). The normalized spacial score (nSPS) is 17.4. The minimum absolute atomic E-state index is 0.202. The van der Waals surface area contributed by atoms with Crippen molar-refractivity contribution in [2.45, 2.75) is 45.2 Å². The maximum absolute atomic E-state index is 11.8. The molecular weight excluding hydrogens is 260 g/mol. The Kier molecular flexibility index (Phi) is 4.54. The second kappa shape index (κ2) is 5.98. The molecule has 5 nitrogen and oxygen atoms in total. The minimum atomic E-state index is -0.876. The van der Waals surface area contributed by atoms with Crippen molar-refractivity contribution < 1.29 is 4.79 Å². The van der Waals surface area contributed by atoms with Crippen molar-refractivity contribution in [2.75, 3.05) is 18.4 Å². The molecule has 0 atom stereocenters. The summed E-state index contributed by atoms with van der Waals surface area (Å²) < 4.78 is 0. The van der Waals surface area contributed by atoms with Crippen molar-refractivity contribution in [1.29, 1.82) is 0 Å². The van der Waals surface area contributed by atoms with Gasteiger partial charge in [-0.25, -0.2) is 4.98 Å². The van der Waals surface area contributed by atoms with Crippen molar-refractivity contribution in [3.8, 4) is 0 Å². The smallest absolute Gasteiger partial charge is 0.245 e. The molecule has 2 heterocycles. The van der Waals surface area contributed by atoms with Crippen LogP contribution in [0.3, 0.4) is 0 Å². The van der Waals surface area contributed by atoms with E-state index in [1.807, 2.05) is 5.38 Å². The number of hydrogen-bond donors (Lipinski definition) is 2. The van der Waals surface area contributed by atoms with Crippen LogP contribution >= 0.6 is 11.3 Å². The molecule has 19 heavy (non-hydrogen) atoms. The quantitative estimate of drug-likeness (QED) is 0.883. The Morgan fingerprint density at radius 2 is 2.16 bits per heavy atom. The second-order valence-corrected chi connectivity index (χ2v) is 6.51. The molecule has 0 aliphatic carbocycles. The highest BCUT2D eigenvalue weighted by atomic mass is 32.1. The number of amides is 1. The molecule has 0 radical (unpaired) electrons. The third kappa shape index (κ3) is 4.26. The van der Waals surface area contributed by atoms with Crippen molar-refractivity contribution in [3.63, 3.8) is 0 Å². The third-order valence-corrected chi connectivity index (χ3v) is 4.00. The first-order valence-electron chi connectivity index (χ1n) is 6.72. The van der Waals surface area contributed by atoms with Gasteiger partial charge in [0.1, 0.15) is 0 Å². The number of likely N-dealkylation sites (tertiary alicyclic amines) is 1. The maximum Gasteiger partial charge on any atom is 0.245 e. The molecule has 6 heteroatoms. The first-order chi connectivity index (χ1) is 8.95. The summed E-state index contributed by atoms with van der Waals surface area (Å²) in [6.45, 7) is 6.54. The molecule has 3 N–H and O–H groups in total. The van der Waals surface area contributed by atoms with Crippen molar-refractivity contribution in [1.82, 2.24) is 9.88 Å². The van der Waals surface area contributed by atoms with Gasteiger partial charge in [0.15, 0.2) is 5.13 Å². The number of hydrogen-bond acceptors (Lipinski definition) is 5. The molecule has 1 aliphatic rings. The molecule has 0 bridgehead atoms. The van der Waals surface area contributed by atoms with Crippen molar-refractivity contribution >= 4 is 22.4 Å². The fraction of sp³-hybridized carbons (Fsp3) is 0.692. The number of piperidine rings is 1. The van der Waals surface area contributed by atoms with Crippen LogP contribution in [-0.2, 0) is 11.3 Å². The summed E-state index contributed by atoms with van der Waals surface area (Å²) in [6.07, 6.45) is 3.88. The van der Waals surface area contributed by atoms with Gasteiger partial charge in [-0.3, -0.25) is 9.69 Å². The summed E-state index contributed by atoms with van der Waals surface area (Å²) in [5.41, 5.74) is 5.89. The molecule has 1 fully saturated rings. The van der Waals surface area contributed by atoms with E-state index in [9.17, 15) is 4.79 Å². The monoisotopic (exact) mass is 282 g/mol. The van der Waals surface area contributed by atoms with Crippen LogP contribution in [-0.4, -0.2) is 34.4 Å². The Bertz CT molecular complexity index is 432. The van der Waals surface area contributed by atoms with Crippen LogP contribution in [0.2, 0.25) is 0 Å². The molecule has 106 valence electrons. The largest absolute Gasteiger partial charge is 0.318 e. The molecule has 1 aromatic rings. The molecule has 0 spiro atoms. The predicted octanol–water partition coefficient (Wildman–Crippen LogP) is 1.80. The van der Waals surface area contributed by atoms with E-state index in [4.69, 9.17) is 5.73 Å². The van der Waals surface area contributed by atoms with Gasteiger partial charge in [0, 0.05) is 11.9 Å². The highest BCUT2D eigenvalue weighted by molar-refractivity contribution is 7.13. The molecule has 0 saturated carbocycles. The number of nitrogens with zero attached hydrogens (tertiary/aromatic N) is 2. The minimum Gasteiger partial charge on any atom is -0.318 e. The van der Waals surface area contributed by atoms with Crippen LogP contribution in [0.1, 0.15) is 38.8 Å². The highest BCUT2D eigenvalue weighted by Crippen LogP contribution is 2.19. The van der Waals surface area contributed by atoms with Crippen LogP contribution in [0, 0.1) is 0 Å². The lowest BCUT2D eigenvalue weighted by Crippen LogP contribution is -2.45. The van der Waals surface area contributed by atoms with E-state index in [0.29, 0.717) is 5.13 Å². The summed E-state index contributed by atoms with van der Waals surface area (Å²) in [5.74, 6) is -0.202. The lowest BCUT2D eigenvalue weighted by molar-refractivity contribution is -0.120. The van der Waals surface area contributed by atoms with Gasteiger partial charge in [-0.1, -0.05) is 6.42 Å². The molecule has 1 aliphatic heterocycles. The summed E-state index contributed by atoms with van der Waals surface area (Å²) in [6, 6.07) is 0. The third-order valence-electron chi connectivity index (χ3n) is 3.19. The lowest BCUT2D eigenvalue weighted by atomic mass is 10.1. The second-order valence-electron chi connectivity index (χ2n) is 5.66. The van der Waals surface area contributed by atoms with Crippen LogP contribution in [0.15, 0.2) is 5.38 Å². The van der Waals surface area contributed by atoms with Crippen molar-refractivity contribution in [2.24, 2.45) is 5.73 Å². The average Bonchev–Trinajstić information content (AvgIpc) is 2.76.